The van der Waals surface area contributed by atoms with E-state index in [0.717, 1.165) is 5.56 Å². The number of ether oxygens (including phenoxy) is 4. The second kappa shape index (κ2) is 12.2. The number of para-hydroxylation sites is 1. The number of hydrogen-bond donors (Lipinski definition) is 0. The Kier molecular flexibility index (Phi) is 8.27. The highest BCUT2D eigenvalue weighted by Gasteiger charge is 2.33. The second-order valence-corrected chi connectivity index (χ2v) is 9.90. The lowest BCUT2D eigenvalue weighted by atomic mass is 9.96. The first kappa shape index (κ1) is 27.8. The number of rotatable bonds is 9. The number of esters is 2. The molecule has 10 nitrogen and oxygen atoms in total. The third-order valence-corrected chi connectivity index (χ3v) is 7.30. The molecular weight excluding hydrogens is 548 g/mol. The number of carbonyl (C=O) groups excluding carboxylic acids is 2. The zero-order chi connectivity index (χ0) is 28.9. The van der Waals surface area contributed by atoms with Gasteiger partial charge in [-0.05, 0) is 48.9 Å². The van der Waals surface area contributed by atoms with Gasteiger partial charge >= 0.3 is 11.9 Å². The number of allylic oxidation sites excluding steroid dienone is 1. The monoisotopic (exact) mass is 574 g/mol. The van der Waals surface area contributed by atoms with Crippen molar-refractivity contribution in [2.75, 3.05) is 27.4 Å². The van der Waals surface area contributed by atoms with Crippen molar-refractivity contribution in [1.29, 1.82) is 0 Å². The Balaban J connectivity index is 1.58. The van der Waals surface area contributed by atoms with E-state index in [9.17, 15) is 14.4 Å². The van der Waals surface area contributed by atoms with Gasteiger partial charge in [-0.3, -0.25) is 9.36 Å². The first-order valence-electron chi connectivity index (χ1n) is 12.6. The van der Waals surface area contributed by atoms with Crippen LogP contribution in [-0.2, 0) is 14.3 Å². The third kappa shape index (κ3) is 5.76. The van der Waals surface area contributed by atoms with Crippen LogP contribution in [0.1, 0.15) is 34.6 Å². The average molecular weight is 575 g/mol. The summed E-state index contributed by atoms with van der Waals surface area (Å²) in [6.45, 7) is 1.97. The Hall–Kier alpha value is -4.74. The lowest BCUT2D eigenvalue weighted by Gasteiger charge is -2.25. The normalized spacial score (nSPS) is 14.8. The zero-order valence-corrected chi connectivity index (χ0v) is 23.3. The van der Waals surface area contributed by atoms with Crippen molar-refractivity contribution in [3.63, 3.8) is 0 Å². The van der Waals surface area contributed by atoms with Gasteiger partial charge in [-0.1, -0.05) is 41.7 Å². The van der Waals surface area contributed by atoms with E-state index < -0.39 is 18.0 Å². The molecule has 2 aromatic heterocycles. The molecule has 0 amide bonds. The van der Waals surface area contributed by atoms with Crippen molar-refractivity contribution in [2.45, 2.75) is 13.0 Å². The minimum atomic E-state index is -0.837. The summed E-state index contributed by atoms with van der Waals surface area (Å²) in [6, 6.07) is 16.2. The van der Waals surface area contributed by atoms with Crippen LogP contribution in [-0.4, -0.2) is 43.9 Å². The van der Waals surface area contributed by atoms with Crippen LogP contribution in [0.5, 0.6) is 11.5 Å². The number of carbonyl (C=O) groups is 2. The minimum Gasteiger partial charge on any atom is -0.496 e. The van der Waals surface area contributed by atoms with E-state index in [0.29, 0.717) is 26.3 Å². The number of thiazole rings is 1. The molecule has 0 aliphatic carbocycles. The SMILES string of the molecule is COCCOC(=O)C1=C(C)N=c2s/c(=C/c3ccccc3OC)c(=O)n2[C@@H]1c1ccc(OC(=O)c2ccco2)cc1. The lowest BCUT2D eigenvalue weighted by molar-refractivity contribution is -0.140. The van der Waals surface area contributed by atoms with Crippen molar-refractivity contribution in [3.05, 3.63) is 115 Å². The van der Waals surface area contributed by atoms with Gasteiger partial charge in [0.15, 0.2) is 4.80 Å². The molecule has 0 bridgehead atoms. The molecular formula is C30H26N2O8S. The van der Waals surface area contributed by atoms with Crippen LogP contribution in [0.4, 0.5) is 0 Å². The molecule has 2 aromatic carbocycles. The summed E-state index contributed by atoms with van der Waals surface area (Å²) in [7, 11) is 3.07. The van der Waals surface area contributed by atoms with Crippen molar-refractivity contribution in [3.8, 4) is 11.5 Å². The molecule has 5 rings (SSSR count). The average Bonchev–Trinajstić information content (AvgIpc) is 3.62. The van der Waals surface area contributed by atoms with E-state index in [1.54, 1.807) is 50.4 Å². The molecule has 0 fully saturated rings. The van der Waals surface area contributed by atoms with Gasteiger partial charge in [-0.2, -0.15) is 0 Å². The van der Waals surface area contributed by atoms with E-state index in [2.05, 4.69) is 4.99 Å². The number of hydrogen-bond acceptors (Lipinski definition) is 10. The molecule has 1 aliphatic heterocycles. The molecule has 0 saturated heterocycles. The fourth-order valence-electron chi connectivity index (χ4n) is 4.39. The molecule has 3 heterocycles. The molecule has 0 N–H and O–H groups in total. The Morgan fingerprint density at radius 1 is 1.02 bits per heavy atom. The fourth-order valence-corrected chi connectivity index (χ4v) is 5.43. The second-order valence-electron chi connectivity index (χ2n) is 8.89. The zero-order valence-electron chi connectivity index (χ0n) is 22.5. The van der Waals surface area contributed by atoms with Gasteiger partial charge in [-0.15, -0.1) is 0 Å². The van der Waals surface area contributed by atoms with Gasteiger partial charge in [0.25, 0.3) is 5.56 Å². The van der Waals surface area contributed by atoms with Crippen molar-refractivity contribution < 1.29 is 33.0 Å². The van der Waals surface area contributed by atoms with E-state index in [1.165, 1.54) is 35.3 Å². The number of methoxy groups -OCH3 is 2. The van der Waals surface area contributed by atoms with Gasteiger partial charge < -0.3 is 23.4 Å². The number of furan rings is 1. The molecule has 1 aliphatic rings. The summed E-state index contributed by atoms with van der Waals surface area (Å²) in [5.41, 5.74) is 1.65. The molecule has 11 heteroatoms. The summed E-state index contributed by atoms with van der Waals surface area (Å²) in [4.78, 5) is 44.5. The number of benzene rings is 2. The summed E-state index contributed by atoms with van der Waals surface area (Å²) in [5.74, 6) is -0.307. The van der Waals surface area contributed by atoms with Gasteiger partial charge in [0.2, 0.25) is 5.76 Å². The molecule has 0 saturated carbocycles. The predicted molar refractivity (Wildman–Crippen MR) is 150 cm³/mol. The molecule has 0 unspecified atom stereocenters. The van der Waals surface area contributed by atoms with E-state index in [-0.39, 0.29) is 35.9 Å². The Morgan fingerprint density at radius 3 is 2.51 bits per heavy atom. The predicted octanol–water partition coefficient (Wildman–Crippen LogP) is 3.25. The quantitative estimate of drug-likeness (QED) is 0.170. The van der Waals surface area contributed by atoms with Crippen molar-refractivity contribution in [2.24, 2.45) is 4.99 Å². The Bertz CT molecular complexity index is 1780. The molecule has 1 atom stereocenters. The van der Waals surface area contributed by atoms with Gasteiger partial charge in [0.1, 0.15) is 18.1 Å². The lowest BCUT2D eigenvalue weighted by Crippen LogP contribution is -2.40. The summed E-state index contributed by atoms with van der Waals surface area (Å²) in [5, 5.41) is 0. The first-order chi connectivity index (χ1) is 19.9. The van der Waals surface area contributed by atoms with Gasteiger partial charge in [0, 0.05) is 12.7 Å². The highest BCUT2D eigenvalue weighted by Crippen LogP contribution is 2.32. The molecule has 4 aromatic rings. The molecule has 41 heavy (non-hydrogen) atoms. The maximum Gasteiger partial charge on any atom is 0.379 e. The van der Waals surface area contributed by atoms with Gasteiger partial charge in [-0.25, -0.2) is 14.6 Å². The topological polar surface area (TPSA) is 119 Å². The summed E-state index contributed by atoms with van der Waals surface area (Å²) >= 11 is 1.21. The van der Waals surface area contributed by atoms with Crippen LogP contribution in [0.3, 0.4) is 0 Å². The van der Waals surface area contributed by atoms with Crippen LogP contribution < -0.4 is 24.4 Å². The van der Waals surface area contributed by atoms with Crippen LogP contribution >= 0.6 is 11.3 Å². The van der Waals surface area contributed by atoms with Crippen LogP contribution in [0.2, 0.25) is 0 Å². The largest absolute Gasteiger partial charge is 0.496 e. The summed E-state index contributed by atoms with van der Waals surface area (Å²) in [6.07, 6.45) is 3.12. The van der Waals surface area contributed by atoms with E-state index in [1.807, 2.05) is 24.3 Å². The number of nitrogens with zero attached hydrogens (tertiary/aromatic N) is 2. The maximum atomic E-state index is 13.8. The Morgan fingerprint density at radius 2 is 1.80 bits per heavy atom. The van der Waals surface area contributed by atoms with E-state index >= 15 is 0 Å². The van der Waals surface area contributed by atoms with Crippen LogP contribution in [0.25, 0.3) is 6.08 Å². The molecule has 210 valence electrons. The highest BCUT2D eigenvalue weighted by molar-refractivity contribution is 7.07. The Labute approximate surface area is 238 Å². The first-order valence-corrected chi connectivity index (χ1v) is 13.4. The van der Waals surface area contributed by atoms with Crippen molar-refractivity contribution in [1.82, 2.24) is 4.57 Å². The molecule has 0 spiro atoms. The number of aromatic nitrogens is 1. The standard InChI is InChI=1S/C30H26N2O8S/c1-18-25(29(35)39-16-15-36-2)26(19-10-12-21(13-11-19)40-28(34)23-9-6-14-38-23)32-27(33)24(41-30(32)31-18)17-20-7-4-5-8-22(20)37-3/h4-14,17,26H,15-16H2,1-3H3/b24-17+/t26-/m1/s1. The highest BCUT2D eigenvalue weighted by atomic mass is 32.1. The van der Waals surface area contributed by atoms with E-state index in [4.69, 9.17) is 23.4 Å². The fraction of sp³-hybridized carbons (Fsp3) is 0.200. The summed E-state index contributed by atoms with van der Waals surface area (Å²) < 4.78 is 28.3. The van der Waals surface area contributed by atoms with Crippen LogP contribution in [0.15, 0.2) is 92.4 Å². The third-order valence-electron chi connectivity index (χ3n) is 6.32. The smallest absolute Gasteiger partial charge is 0.379 e. The number of fused-ring (bicyclic) bond motifs is 1. The van der Waals surface area contributed by atoms with Crippen molar-refractivity contribution >= 4 is 29.4 Å². The molecule has 0 radical (unpaired) electrons. The van der Waals surface area contributed by atoms with Gasteiger partial charge in [0.05, 0.1) is 41.8 Å². The minimum absolute atomic E-state index is 0.0404. The maximum absolute atomic E-state index is 13.8. The van der Waals surface area contributed by atoms with Crippen LogP contribution in [0, 0.1) is 0 Å².